The van der Waals surface area contributed by atoms with Crippen LogP contribution in [0.5, 0.6) is 0 Å². The summed E-state index contributed by atoms with van der Waals surface area (Å²) in [5, 5.41) is 0.514. The Morgan fingerprint density at radius 3 is 1.55 bits per heavy atom. The summed E-state index contributed by atoms with van der Waals surface area (Å²) in [6, 6.07) is 0. The van der Waals surface area contributed by atoms with Crippen LogP contribution in [0.3, 0.4) is 0 Å². The van der Waals surface area contributed by atoms with Crippen LogP contribution in [0.4, 0.5) is 0 Å². The molecular formula is C25H40N2O11. The van der Waals surface area contributed by atoms with Crippen LogP contribution < -0.4 is 0 Å². The second-order valence-electron chi connectivity index (χ2n) is 7.84. The maximum absolute atomic E-state index is 11.6. The Balaban J connectivity index is 1.78. The molecule has 0 aromatic heterocycles. The molecule has 0 unspecified atom stereocenters. The van der Waals surface area contributed by atoms with Crippen molar-refractivity contribution >= 4 is 23.7 Å². The average Bonchev–Trinajstić information content (AvgIpc) is 3.21. The highest BCUT2D eigenvalue weighted by Crippen LogP contribution is 2.12. The molecule has 0 radical (unpaired) electrons. The van der Waals surface area contributed by atoms with Crippen LogP contribution in [0.2, 0.25) is 0 Å². The van der Waals surface area contributed by atoms with Gasteiger partial charge >= 0.3 is 5.97 Å². The van der Waals surface area contributed by atoms with E-state index in [9.17, 15) is 19.2 Å². The van der Waals surface area contributed by atoms with Crippen molar-refractivity contribution in [3.63, 3.8) is 0 Å². The fourth-order valence-electron chi connectivity index (χ4n) is 2.93. The van der Waals surface area contributed by atoms with E-state index in [1.54, 1.807) is 0 Å². The molecule has 1 heterocycles. The highest BCUT2D eigenvalue weighted by molar-refractivity contribution is 6.01. The molecule has 13 nitrogen and oxygen atoms in total. The summed E-state index contributed by atoms with van der Waals surface area (Å²) in [7, 11) is 0. The third kappa shape index (κ3) is 15.5. The van der Waals surface area contributed by atoms with Gasteiger partial charge in [-0.2, -0.15) is 0 Å². The van der Waals surface area contributed by atoms with Gasteiger partial charge in [0.25, 0.3) is 11.8 Å². The normalized spacial score (nSPS) is 13.1. The van der Waals surface area contributed by atoms with Gasteiger partial charge in [0.15, 0.2) is 0 Å². The van der Waals surface area contributed by atoms with Gasteiger partial charge in [0, 0.05) is 32.0 Å². The summed E-state index contributed by atoms with van der Waals surface area (Å²) in [5.41, 5.74) is 0.546. The van der Waals surface area contributed by atoms with E-state index in [1.807, 2.05) is 0 Å². The van der Waals surface area contributed by atoms with E-state index >= 15 is 0 Å². The molecule has 1 saturated heterocycles. The van der Waals surface area contributed by atoms with Gasteiger partial charge in [-0.15, -0.1) is 5.06 Å². The Bertz CT molecular complexity index is 744. The van der Waals surface area contributed by atoms with Gasteiger partial charge in [-0.05, 0) is 6.08 Å². The molecule has 13 heteroatoms. The maximum Gasteiger partial charge on any atom is 0.335 e. The summed E-state index contributed by atoms with van der Waals surface area (Å²) in [4.78, 5) is 52.1. The predicted molar refractivity (Wildman–Crippen MR) is 133 cm³/mol. The van der Waals surface area contributed by atoms with Gasteiger partial charge in [-0.3, -0.25) is 14.4 Å². The van der Waals surface area contributed by atoms with Crippen LogP contribution in [-0.2, 0) is 52.4 Å². The highest BCUT2D eigenvalue weighted by Gasteiger charge is 2.32. The largest absolute Gasteiger partial charge is 0.378 e. The lowest BCUT2D eigenvalue weighted by Gasteiger charge is -2.20. The Kier molecular flexibility index (Phi) is 18.7. The molecule has 1 fully saturated rings. The summed E-state index contributed by atoms with van der Waals surface area (Å²) in [6.45, 7) is 13.7. The van der Waals surface area contributed by atoms with Crippen LogP contribution in [0.15, 0.2) is 24.9 Å². The second-order valence-corrected chi connectivity index (χ2v) is 7.84. The van der Waals surface area contributed by atoms with E-state index in [-0.39, 0.29) is 38.4 Å². The Labute approximate surface area is 223 Å². The van der Waals surface area contributed by atoms with E-state index in [4.69, 9.17) is 33.3 Å². The standard InChI is InChI=1S/C25H40N2O11/c1-4-21(2)26(22(3)28)8-10-33-12-14-35-16-18-37-20-19-36-17-15-34-13-11-32-9-7-25(31)38-27-23(29)5-6-24(27)30/h4H,1-2,5-20H2,3H3. The number of imide groups is 1. The van der Waals surface area contributed by atoms with Gasteiger partial charge < -0.3 is 38.2 Å². The molecule has 0 bridgehead atoms. The van der Waals surface area contributed by atoms with E-state index in [0.29, 0.717) is 83.4 Å². The third-order valence-corrected chi connectivity index (χ3v) is 4.93. The molecule has 0 spiro atoms. The number of carbonyl (C=O) groups is 4. The monoisotopic (exact) mass is 544 g/mol. The van der Waals surface area contributed by atoms with Crippen molar-refractivity contribution in [2.45, 2.75) is 26.2 Å². The summed E-state index contributed by atoms with van der Waals surface area (Å²) < 4.78 is 32.3. The van der Waals surface area contributed by atoms with E-state index in [0.717, 1.165) is 0 Å². The first-order chi connectivity index (χ1) is 18.4. The molecule has 1 aliphatic rings. The molecule has 1 rings (SSSR count). The molecule has 0 atom stereocenters. The quantitative estimate of drug-likeness (QED) is 0.0960. The lowest BCUT2D eigenvalue weighted by molar-refractivity contribution is -0.198. The smallest absolute Gasteiger partial charge is 0.335 e. The Morgan fingerprint density at radius 1 is 0.763 bits per heavy atom. The second kappa shape index (κ2) is 21.3. The number of rotatable bonds is 24. The highest BCUT2D eigenvalue weighted by atomic mass is 16.7. The number of nitrogens with zero attached hydrogens (tertiary/aromatic N) is 2. The van der Waals surface area contributed by atoms with Gasteiger partial charge in [0.05, 0.1) is 85.7 Å². The first kappa shape index (κ1) is 33.3. The number of hydrogen-bond acceptors (Lipinski definition) is 11. The first-order valence-electron chi connectivity index (χ1n) is 12.5. The van der Waals surface area contributed by atoms with Crippen molar-refractivity contribution in [3.8, 4) is 0 Å². The SMILES string of the molecule is C=CC(=C)N(CCOCCOCCOCCOCCOCCOCCC(=O)ON1C(=O)CCC1=O)C(C)=O. The fourth-order valence-corrected chi connectivity index (χ4v) is 2.93. The summed E-state index contributed by atoms with van der Waals surface area (Å²) in [5.74, 6) is -1.84. The summed E-state index contributed by atoms with van der Waals surface area (Å²) in [6.07, 6.45) is 1.57. The molecule has 0 aliphatic carbocycles. The van der Waals surface area contributed by atoms with Crippen molar-refractivity contribution in [2.24, 2.45) is 0 Å². The van der Waals surface area contributed by atoms with E-state index < -0.39 is 17.8 Å². The molecule has 38 heavy (non-hydrogen) atoms. The molecular weight excluding hydrogens is 504 g/mol. The van der Waals surface area contributed by atoms with Crippen molar-refractivity contribution in [3.05, 3.63) is 24.9 Å². The molecule has 0 aromatic rings. The minimum absolute atomic E-state index is 0.0581. The lowest BCUT2D eigenvalue weighted by atomic mass is 10.4. The summed E-state index contributed by atoms with van der Waals surface area (Å²) >= 11 is 0. The molecule has 0 saturated carbocycles. The lowest BCUT2D eigenvalue weighted by Crippen LogP contribution is -2.32. The topological polar surface area (TPSA) is 139 Å². The molecule has 0 N–H and O–H groups in total. The van der Waals surface area contributed by atoms with Gasteiger partial charge in [-0.1, -0.05) is 13.2 Å². The van der Waals surface area contributed by atoms with Crippen LogP contribution >= 0.6 is 0 Å². The van der Waals surface area contributed by atoms with Gasteiger partial charge in [-0.25, -0.2) is 4.79 Å². The van der Waals surface area contributed by atoms with Crippen LogP contribution in [0.1, 0.15) is 26.2 Å². The molecule has 1 aliphatic heterocycles. The molecule has 3 amide bonds. The molecule has 216 valence electrons. The average molecular weight is 545 g/mol. The number of carbonyl (C=O) groups excluding carboxylic acids is 4. The van der Waals surface area contributed by atoms with Crippen molar-refractivity contribution in [1.82, 2.24) is 9.96 Å². The molecule has 0 aromatic carbocycles. The van der Waals surface area contributed by atoms with Crippen LogP contribution in [0, 0.1) is 0 Å². The number of hydroxylamine groups is 2. The number of amides is 3. The first-order valence-corrected chi connectivity index (χ1v) is 12.5. The van der Waals surface area contributed by atoms with E-state index in [2.05, 4.69) is 13.2 Å². The van der Waals surface area contributed by atoms with Gasteiger partial charge in [0.2, 0.25) is 5.91 Å². The van der Waals surface area contributed by atoms with Gasteiger partial charge in [0.1, 0.15) is 0 Å². The number of ether oxygens (including phenoxy) is 6. The Morgan fingerprint density at radius 2 is 1.16 bits per heavy atom. The third-order valence-electron chi connectivity index (χ3n) is 4.93. The Hall–Kier alpha value is -2.68. The zero-order valence-electron chi connectivity index (χ0n) is 22.2. The predicted octanol–water partition coefficient (Wildman–Crippen LogP) is 0.632. The van der Waals surface area contributed by atoms with Crippen LogP contribution in [0.25, 0.3) is 0 Å². The zero-order chi connectivity index (χ0) is 28.0. The number of allylic oxidation sites excluding steroid dienone is 1. The van der Waals surface area contributed by atoms with Crippen molar-refractivity contribution in [1.29, 1.82) is 0 Å². The minimum atomic E-state index is -0.702. The number of hydrogen-bond donors (Lipinski definition) is 0. The van der Waals surface area contributed by atoms with Crippen molar-refractivity contribution in [2.75, 3.05) is 85.8 Å². The van der Waals surface area contributed by atoms with Crippen LogP contribution in [-0.4, -0.2) is 119 Å². The van der Waals surface area contributed by atoms with E-state index in [1.165, 1.54) is 17.9 Å². The minimum Gasteiger partial charge on any atom is -0.378 e. The van der Waals surface area contributed by atoms with Crippen molar-refractivity contribution < 1.29 is 52.4 Å². The maximum atomic E-state index is 11.6. The zero-order valence-corrected chi connectivity index (χ0v) is 22.2. The fraction of sp³-hybridized carbons (Fsp3) is 0.680.